The number of amides is 1. The Balaban J connectivity index is 1.94. The Morgan fingerprint density at radius 1 is 1.22 bits per heavy atom. The molecule has 0 bridgehead atoms. The summed E-state index contributed by atoms with van der Waals surface area (Å²) in [5.74, 6) is -1.82. The SMILES string of the molecule is CC(C)c1nc2c(NC(=O)c3ccc(F)c(F)c3)cccn2n1. The largest absolute Gasteiger partial charge is 0.319 e. The number of nitrogens with zero attached hydrogens (tertiary/aromatic N) is 3. The first-order valence-electron chi connectivity index (χ1n) is 7.07. The van der Waals surface area contributed by atoms with E-state index in [1.165, 1.54) is 6.07 Å². The van der Waals surface area contributed by atoms with Gasteiger partial charge < -0.3 is 5.32 Å². The lowest BCUT2D eigenvalue weighted by molar-refractivity contribution is 0.102. The lowest BCUT2D eigenvalue weighted by Crippen LogP contribution is -2.13. The van der Waals surface area contributed by atoms with Crippen LogP contribution in [0.3, 0.4) is 0 Å². The molecular weight excluding hydrogens is 302 g/mol. The molecule has 0 radical (unpaired) electrons. The molecule has 0 atom stereocenters. The van der Waals surface area contributed by atoms with Crippen molar-refractivity contribution in [2.24, 2.45) is 0 Å². The average Bonchev–Trinajstić information content (AvgIpc) is 2.95. The molecule has 0 unspecified atom stereocenters. The van der Waals surface area contributed by atoms with Crippen molar-refractivity contribution in [3.8, 4) is 0 Å². The smallest absolute Gasteiger partial charge is 0.255 e. The summed E-state index contributed by atoms with van der Waals surface area (Å²) in [7, 11) is 0. The second-order valence-corrected chi connectivity index (χ2v) is 5.40. The molecule has 0 aliphatic heterocycles. The molecule has 23 heavy (non-hydrogen) atoms. The molecule has 0 fully saturated rings. The van der Waals surface area contributed by atoms with E-state index < -0.39 is 17.5 Å². The third-order valence-corrected chi connectivity index (χ3v) is 3.33. The minimum absolute atomic E-state index is 0.0227. The van der Waals surface area contributed by atoms with Gasteiger partial charge in [-0.3, -0.25) is 4.79 Å². The van der Waals surface area contributed by atoms with Crippen molar-refractivity contribution in [2.75, 3.05) is 5.32 Å². The molecule has 3 rings (SSSR count). The number of benzene rings is 1. The number of hydrogen-bond donors (Lipinski definition) is 1. The number of carbonyl (C=O) groups excluding carboxylic acids is 1. The highest BCUT2D eigenvalue weighted by Crippen LogP contribution is 2.19. The molecule has 1 amide bonds. The van der Waals surface area contributed by atoms with Crippen molar-refractivity contribution in [1.29, 1.82) is 0 Å². The van der Waals surface area contributed by atoms with E-state index in [0.29, 0.717) is 17.2 Å². The number of pyridine rings is 1. The monoisotopic (exact) mass is 316 g/mol. The molecule has 1 aromatic carbocycles. The third kappa shape index (κ3) is 2.90. The molecule has 7 heteroatoms. The van der Waals surface area contributed by atoms with E-state index in [4.69, 9.17) is 0 Å². The van der Waals surface area contributed by atoms with Gasteiger partial charge >= 0.3 is 0 Å². The minimum Gasteiger partial charge on any atom is -0.319 e. The number of nitrogens with one attached hydrogen (secondary N) is 1. The maximum absolute atomic E-state index is 13.2. The van der Waals surface area contributed by atoms with Gasteiger partial charge in [0.25, 0.3) is 5.91 Å². The first-order chi connectivity index (χ1) is 11.0. The van der Waals surface area contributed by atoms with E-state index in [1.807, 2.05) is 13.8 Å². The molecule has 0 aliphatic carbocycles. The summed E-state index contributed by atoms with van der Waals surface area (Å²) in [6.07, 6.45) is 1.72. The third-order valence-electron chi connectivity index (χ3n) is 3.33. The number of rotatable bonds is 3. The van der Waals surface area contributed by atoms with Crippen molar-refractivity contribution < 1.29 is 13.6 Å². The van der Waals surface area contributed by atoms with E-state index in [-0.39, 0.29) is 11.5 Å². The van der Waals surface area contributed by atoms with E-state index in [9.17, 15) is 13.6 Å². The number of halogens is 2. The molecule has 2 heterocycles. The van der Waals surface area contributed by atoms with E-state index in [0.717, 1.165) is 12.1 Å². The molecule has 0 saturated carbocycles. The molecular formula is C16H14F2N4O. The van der Waals surface area contributed by atoms with Crippen LogP contribution in [0.5, 0.6) is 0 Å². The van der Waals surface area contributed by atoms with Crippen molar-refractivity contribution in [3.63, 3.8) is 0 Å². The summed E-state index contributed by atoms with van der Waals surface area (Å²) in [5, 5.41) is 6.97. The summed E-state index contributed by atoms with van der Waals surface area (Å²) >= 11 is 0. The summed E-state index contributed by atoms with van der Waals surface area (Å²) in [6.45, 7) is 3.93. The van der Waals surface area contributed by atoms with Crippen LogP contribution < -0.4 is 5.32 Å². The Labute approximate surface area is 131 Å². The molecule has 2 aromatic heterocycles. The van der Waals surface area contributed by atoms with Crippen LogP contribution in [0.1, 0.15) is 35.9 Å². The van der Waals surface area contributed by atoms with Crippen LogP contribution in [-0.2, 0) is 0 Å². The number of anilines is 1. The van der Waals surface area contributed by atoms with Gasteiger partial charge in [-0.2, -0.15) is 5.10 Å². The Bertz CT molecular complexity index is 889. The second-order valence-electron chi connectivity index (χ2n) is 5.40. The minimum atomic E-state index is -1.07. The van der Waals surface area contributed by atoms with Crippen molar-refractivity contribution in [3.05, 3.63) is 59.6 Å². The van der Waals surface area contributed by atoms with Gasteiger partial charge in [0, 0.05) is 17.7 Å². The zero-order chi connectivity index (χ0) is 16.6. The fourth-order valence-electron chi connectivity index (χ4n) is 2.10. The number of carbonyl (C=O) groups is 1. The van der Waals surface area contributed by atoms with E-state index >= 15 is 0 Å². The van der Waals surface area contributed by atoms with Crippen LogP contribution in [0.15, 0.2) is 36.5 Å². The first-order valence-corrected chi connectivity index (χ1v) is 7.07. The van der Waals surface area contributed by atoms with Crippen molar-refractivity contribution in [1.82, 2.24) is 14.6 Å². The van der Waals surface area contributed by atoms with Gasteiger partial charge in [-0.15, -0.1) is 0 Å². The van der Waals surface area contributed by atoms with Gasteiger partial charge in [-0.05, 0) is 30.3 Å². The standard InChI is InChI=1S/C16H14F2N4O/c1-9(2)14-20-15-13(4-3-7-22(15)21-14)19-16(23)10-5-6-11(17)12(18)8-10/h3-9H,1-2H3,(H,19,23). The summed E-state index contributed by atoms with van der Waals surface area (Å²) in [6, 6.07) is 6.38. The molecule has 118 valence electrons. The van der Waals surface area contributed by atoms with Gasteiger partial charge in [0.1, 0.15) is 0 Å². The highest BCUT2D eigenvalue weighted by molar-refractivity contribution is 6.05. The first kappa shape index (κ1) is 15.1. The second kappa shape index (κ2) is 5.75. The Morgan fingerprint density at radius 2 is 2.00 bits per heavy atom. The molecule has 5 nitrogen and oxygen atoms in total. The lowest BCUT2D eigenvalue weighted by atomic mass is 10.2. The fraction of sp³-hybridized carbons (Fsp3) is 0.188. The molecule has 1 N–H and O–H groups in total. The van der Waals surface area contributed by atoms with Crippen molar-refractivity contribution >= 4 is 17.2 Å². The van der Waals surface area contributed by atoms with Gasteiger partial charge in [0.15, 0.2) is 23.1 Å². The maximum atomic E-state index is 13.2. The summed E-state index contributed by atoms with van der Waals surface area (Å²) in [5.41, 5.74) is 0.961. The molecule has 0 saturated heterocycles. The van der Waals surface area contributed by atoms with Crippen molar-refractivity contribution in [2.45, 2.75) is 19.8 Å². The summed E-state index contributed by atoms with van der Waals surface area (Å²) < 4.78 is 27.8. The lowest BCUT2D eigenvalue weighted by Gasteiger charge is -2.06. The van der Waals surface area contributed by atoms with Gasteiger partial charge in [0.05, 0.1) is 5.69 Å². The van der Waals surface area contributed by atoms with Crippen LogP contribution in [-0.4, -0.2) is 20.5 Å². The zero-order valence-electron chi connectivity index (χ0n) is 12.5. The van der Waals surface area contributed by atoms with Crippen LogP contribution in [0.25, 0.3) is 5.65 Å². The molecule has 3 aromatic rings. The predicted octanol–water partition coefficient (Wildman–Crippen LogP) is 3.38. The Kier molecular flexibility index (Phi) is 3.77. The fourth-order valence-corrected chi connectivity index (χ4v) is 2.10. The molecule has 0 aliphatic rings. The van der Waals surface area contributed by atoms with Gasteiger partial charge in [-0.1, -0.05) is 13.8 Å². The quantitative estimate of drug-likeness (QED) is 0.806. The molecule has 0 spiro atoms. The van der Waals surface area contributed by atoms with Gasteiger partial charge in [-0.25, -0.2) is 18.3 Å². The number of hydrogen-bond acceptors (Lipinski definition) is 3. The zero-order valence-corrected chi connectivity index (χ0v) is 12.5. The van der Waals surface area contributed by atoms with Crippen LogP contribution >= 0.6 is 0 Å². The number of aromatic nitrogens is 3. The van der Waals surface area contributed by atoms with E-state index in [2.05, 4.69) is 15.4 Å². The van der Waals surface area contributed by atoms with Crippen LogP contribution in [0.2, 0.25) is 0 Å². The maximum Gasteiger partial charge on any atom is 0.255 e. The highest BCUT2D eigenvalue weighted by Gasteiger charge is 2.14. The Hall–Kier alpha value is -2.83. The van der Waals surface area contributed by atoms with Crippen LogP contribution in [0, 0.1) is 11.6 Å². The number of fused-ring (bicyclic) bond motifs is 1. The van der Waals surface area contributed by atoms with E-state index in [1.54, 1.807) is 22.8 Å². The average molecular weight is 316 g/mol. The Morgan fingerprint density at radius 3 is 2.70 bits per heavy atom. The normalized spacial score (nSPS) is 11.2. The topological polar surface area (TPSA) is 59.3 Å². The predicted molar refractivity (Wildman–Crippen MR) is 81.4 cm³/mol. The highest BCUT2D eigenvalue weighted by atomic mass is 19.2. The van der Waals surface area contributed by atoms with Crippen LogP contribution in [0.4, 0.5) is 14.5 Å². The van der Waals surface area contributed by atoms with Gasteiger partial charge in [0.2, 0.25) is 0 Å². The summed E-state index contributed by atoms with van der Waals surface area (Å²) in [4.78, 5) is 16.6.